The molecule has 0 spiro atoms. The topological polar surface area (TPSA) is 68.2 Å². The fourth-order valence-electron chi connectivity index (χ4n) is 2.98. The molecule has 0 fully saturated rings. The molecule has 0 saturated heterocycles. The van der Waals surface area contributed by atoms with Crippen molar-refractivity contribution in [3.05, 3.63) is 47.0 Å². The molecular formula is C18H20O5. The molecule has 0 amide bonds. The van der Waals surface area contributed by atoms with Crippen molar-refractivity contribution in [1.29, 1.82) is 0 Å². The van der Waals surface area contributed by atoms with Crippen molar-refractivity contribution < 1.29 is 24.4 Å². The Morgan fingerprint density at radius 1 is 1.13 bits per heavy atom. The van der Waals surface area contributed by atoms with Crippen LogP contribution in [0, 0.1) is 6.92 Å². The first-order valence-corrected chi connectivity index (χ1v) is 7.43. The normalized spacial score (nSPS) is 19.7. The maximum Gasteiger partial charge on any atom is 0.153 e. The van der Waals surface area contributed by atoms with Gasteiger partial charge < -0.3 is 24.4 Å². The van der Waals surface area contributed by atoms with E-state index in [-0.39, 0.29) is 5.75 Å². The van der Waals surface area contributed by atoms with Crippen LogP contribution in [0.3, 0.4) is 0 Å². The summed E-state index contributed by atoms with van der Waals surface area (Å²) in [5.41, 5.74) is 2.35. The van der Waals surface area contributed by atoms with E-state index in [1.54, 1.807) is 19.2 Å². The Morgan fingerprint density at radius 2 is 1.91 bits per heavy atom. The summed E-state index contributed by atoms with van der Waals surface area (Å²) in [5.74, 6) is 2.03. The number of ether oxygens (including phenoxy) is 3. The van der Waals surface area contributed by atoms with E-state index in [2.05, 4.69) is 0 Å². The number of aliphatic hydroxyl groups excluding tert-OH is 1. The number of aromatic hydroxyl groups is 1. The van der Waals surface area contributed by atoms with Crippen molar-refractivity contribution in [3.8, 4) is 23.0 Å². The van der Waals surface area contributed by atoms with Crippen LogP contribution in [0.15, 0.2) is 30.3 Å². The average molecular weight is 316 g/mol. The summed E-state index contributed by atoms with van der Waals surface area (Å²) in [6.07, 6.45) is -0.926. The first-order valence-electron chi connectivity index (χ1n) is 7.43. The molecule has 2 aromatic rings. The summed E-state index contributed by atoms with van der Waals surface area (Å²) in [4.78, 5) is 0. The van der Waals surface area contributed by atoms with E-state index in [1.807, 2.05) is 19.1 Å². The number of hydrogen-bond acceptors (Lipinski definition) is 5. The fraction of sp³-hybridized carbons (Fsp3) is 0.333. The van der Waals surface area contributed by atoms with Crippen LogP contribution < -0.4 is 14.2 Å². The molecule has 0 aromatic heterocycles. The highest BCUT2D eigenvalue weighted by atomic mass is 16.5. The van der Waals surface area contributed by atoms with E-state index in [9.17, 15) is 10.2 Å². The minimum Gasteiger partial charge on any atom is -0.507 e. The zero-order valence-electron chi connectivity index (χ0n) is 13.4. The Morgan fingerprint density at radius 3 is 2.57 bits per heavy atom. The lowest BCUT2D eigenvalue weighted by atomic mass is 9.92. The molecule has 0 radical (unpaired) electrons. The highest BCUT2D eigenvalue weighted by molar-refractivity contribution is 5.52. The van der Waals surface area contributed by atoms with Gasteiger partial charge >= 0.3 is 0 Å². The van der Waals surface area contributed by atoms with Crippen LogP contribution in [-0.4, -0.2) is 30.5 Å². The Kier molecular flexibility index (Phi) is 4.05. The van der Waals surface area contributed by atoms with Crippen molar-refractivity contribution >= 4 is 0 Å². The van der Waals surface area contributed by atoms with Gasteiger partial charge in [-0.1, -0.05) is 6.07 Å². The Hall–Kier alpha value is -2.40. The van der Waals surface area contributed by atoms with E-state index in [4.69, 9.17) is 14.2 Å². The lowest BCUT2D eigenvalue weighted by molar-refractivity contribution is 0.0188. The molecule has 1 heterocycles. The number of hydrogen-bond donors (Lipinski definition) is 2. The first kappa shape index (κ1) is 15.5. The third-order valence-corrected chi connectivity index (χ3v) is 4.23. The summed E-state index contributed by atoms with van der Waals surface area (Å²) in [5, 5.41) is 20.7. The number of phenols is 1. The van der Waals surface area contributed by atoms with Crippen molar-refractivity contribution in [3.63, 3.8) is 0 Å². The van der Waals surface area contributed by atoms with Crippen LogP contribution in [0.5, 0.6) is 23.0 Å². The van der Waals surface area contributed by atoms with Gasteiger partial charge in [0.15, 0.2) is 6.10 Å². The second-order valence-corrected chi connectivity index (χ2v) is 5.62. The molecule has 0 unspecified atom stereocenters. The number of fused-ring (bicyclic) bond motifs is 1. The van der Waals surface area contributed by atoms with Crippen LogP contribution >= 0.6 is 0 Å². The van der Waals surface area contributed by atoms with Crippen LogP contribution in [0.2, 0.25) is 0 Å². The molecule has 0 bridgehead atoms. The lowest BCUT2D eigenvalue weighted by Crippen LogP contribution is -2.30. The fourth-order valence-corrected chi connectivity index (χ4v) is 2.98. The molecule has 0 saturated carbocycles. The number of rotatable bonds is 3. The van der Waals surface area contributed by atoms with Crippen LogP contribution in [0.4, 0.5) is 0 Å². The van der Waals surface area contributed by atoms with Gasteiger partial charge in [0.2, 0.25) is 0 Å². The zero-order chi connectivity index (χ0) is 16.6. The number of aliphatic hydroxyl groups is 1. The van der Waals surface area contributed by atoms with Crippen LogP contribution in [0.1, 0.15) is 22.8 Å². The third-order valence-electron chi connectivity index (χ3n) is 4.23. The molecule has 3 rings (SSSR count). The quantitative estimate of drug-likeness (QED) is 0.911. The predicted octanol–water partition coefficient (Wildman–Crippen LogP) is 2.75. The third kappa shape index (κ3) is 2.68. The molecular weight excluding hydrogens is 296 g/mol. The van der Waals surface area contributed by atoms with Gasteiger partial charge in [-0.05, 0) is 30.7 Å². The molecule has 1 aliphatic heterocycles. The molecule has 23 heavy (non-hydrogen) atoms. The molecule has 2 atom stereocenters. The Bertz CT molecular complexity index is 726. The molecule has 2 N–H and O–H groups in total. The van der Waals surface area contributed by atoms with Gasteiger partial charge in [-0.2, -0.15) is 0 Å². The monoisotopic (exact) mass is 316 g/mol. The van der Waals surface area contributed by atoms with Crippen molar-refractivity contribution in [1.82, 2.24) is 0 Å². The van der Waals surface area contributed by atoms with E-state index in [1.165, 1.54) is 13.2 Å². The molecule has 2 aromatic carbocycles. The van der Waals surface area contributed by atoms with Gasteiger partial charge in [0.05, 0.1) is 20.3 Å². The predicted molar refractivity (Wildman–Crippen MR) is 85.5 cm³/mol. The zero-order valence-corrected chi connectivity index (χ0v) is 13.4. The van der Waals surface area contributed by atoms with Crippen LogP contribution in [0.25, 0.3) is 0 Å². The van der Waals surface area contributed by atoms with Crippen molar-refractivity contribution in [2.45, 2.75) is 25.6 Å². The number of phenolic OH excluding ortho intramolecular Hbond substituents is 1. The first-order chi connectivity index (χ1) is 11.0. The van der Waals surface area contributed by atoms with E-state index >= 15 is 0 Å². The van der Waals surface area contributed by atoms with Gasteiger partial charge in [-0.3, -0.25) is 0 Å². The molecule has 5 nitrogen and oxygen atoms in total. The summed E-state index contributed by atoms with van der Waals surface area (Å²) in [6.45, 7) is 1.92. The van der Waals surface area contributed by atoms with E-state index in [0.717, 1.165) is 16.9 Å². The number of benzene rings is 2. The van der Waals surface area contributed by atoms with E-state index < -0.39 is 12.2 Å². The van der Waals surface area contributed by atoms with Gasteiger partial charge in [0.25, 0.3) is 0 Å². The Labute approximate surface area is 135 Å². The lowest BCUT2D eigenvalue weighted by Gasteiger charge is -2.32. The minimum atomic E-state index is -0.741. The summed E-state index contributed by atoms with van der Waals surface area (Å²) in [7, 11) is 3.14. The average Bonchev–Trinajstić information content (AvgIpc) is 2.55. The van der Waals surface area contributed by atoms with Gasteiger partial charge in [-0.15, -0.1) is 0 Å². The second kappa shape index (κ2) is 6.01. The highest BCUT2D eigenvalue weighted by Crippen LogP contribution is 2.42. The van der Waals surface area contributed by atoms with Crippen molar-refractivity contribution in [2.75, 3.05) is 14.2 Å². The Balaban J connectivity index is 2.00. The minimum absolute atomic E-state index is 0.0393. The van der Waals surface area contributed by atoms with Crippen molar-refractivity contribution in [2.24, 2.45) is 0 Å². The maximum atomic E-state index is 10.4. The molecule has 0 aliphatic carbocycles. The molecule has 122 valence electrons. The smallest absolute Gasteiger partial charge is 0.153 e. The number of methoxy groups -OCH3 is 2. The van der Waals surface area contributed by atoms with Crippen LogP contribution in [-0.2, 0) is 6.42 Å². The molecule has 5 heteroatoms. The maximum absolute atomic E-state index is 10.4. The van der Waals surface area contributed by atoms with Gasteiger partial charge in [-0.25, -0.2) is 0 Å². The van der Waals surface area contributed by atoms with Gasteiger partial charge in [0, 0.05) is 23.6 Å². The van der Waals surface area contributed by atoms with Gasteiger partial charge in [0.1, 0.15) is 23.0 Å². The highest BCUT2D eigenvalue weighted by Gasteiger charge is 2.33. The second-order valence-electron chi connectivity index (χ2n) is 5.62. The SMILES string of the molecule is COc1ccc([C@H]2Oc3c(ccc(OC)c3C)C[C@H]2O)c(O)c1. The summed E-state index contributed by atoms with van der Waals surface area (Å²) in [6, 6.07) is 8.73. The summed E-state index contributed by atoms with van der Waals surface area (Å²) >= 11 is 0. The largest absolute Gasteiger partial charge is 0.507 e. The molecule has 1 aliphatic rings. The van der Waals surface area contributed by atoms with E-state index in [0.29, 0.717) is 23.5 Å². The standard InChI is InChI=1S/C18H20O5/c1-10-16(22-3)7-4-11-8-15(20)18(23-17(10)11)13-6-5-12(21-2)9-14(13)19/h4-7,9,15,18-20H,8H2,1-3H3/t15-,18-/m1/s1. The summed E-state index contributed by atoms with van der Waals surface area (Å²) < 4.78 is 16.4.